The second-order valence-electron chi connectivity index (χ2n) is 8.06. The standard InChI is InChI=1S/C27H24BrNO8/c1-15-4-8-17(9-5-15)26(33)36-22(24(30)29-20-14-19(28)12-13-21(20)35-3)23(25(31)32)37-27(34)18-10-6-16(2)7-11-18/h4-14,22-23H,1-3H3,(H,29,30)(H,31,32)/t22-,23-/m1/s1. The van der Waals surface area contributed by atoms with Gasteiger partial charge >= 0.3 is 17.9 Å². The van der Waals surface area contributed by atoms with Gasteiger partial charge in [-0.2, -0.15) is 0 Å². The van der Waals surface area contributed by atoms with Gasteiger partial charge in [0, 0.05) is 4.47 Å². The molecule has 2 atom stereocenters. The molecule has 1 amide bonds. The molecule has 0 aromatic heterocycles. The monoisotopic (exact) mass is 569 g/mol. The molecule has 0 heterocycles. The first kappa shape index (κ1) is 27.4. The van der Waals surface area contributed by atoms with Crippen molar-refractivity contribution < 1.29 is 38.5 Å². The van der Waals surface area contributed by atoms with Gasteiger partial charge in [-0.05, 0) is 56.3 Å². The average molecular weight is 570 g/mol. The third-order valence-corrected chi connectivity index (χ3v) is 5.73. The maximum Gasteiger partial charge on any atom is 0.349 e. The summed E-state index contributed by atoms with van der Waals surface area (Å²) in [6, 6.07) is 17.2. The van der Waals surface area contributed by atoms with Crippen LogP contribution < -0.4 is 10.1 Å². The number of nitrogens with one attached hydrogen (secondary N) is 1. The van der Waals surface area contributed by atoms with E-state index in [0.29, 0.717) is 4.47 Å². The number of halogens is 1. The van der Waals surface area contributed by atoms with Crippen LogP contribution in [0.3, 0.4) is 0 Å². The van der Waals surface area contributed by atoms with E-state index in [1.165, 1.54) is 37.4 Å². The zero-order chi connectivity index (χ0) is 27.1. The van der Waals surface area contributed by atoms with E-state index in [2.05, 4.69) is 21.2 Å². The predicted molar refractivity (Wildman–Crippen MR) is 138 cm³/mol. The number of aliphatic carboxylic acids is 1. The Morgan fingerprint density at radius 2 is 1.27 bits per heavy atom. The highest BCUT2D eigenvalue weighted by Gasteiger charge is 2.41. The maximum absolute atomic E-state index is 13.3. The van der Waals surface area contributed by atoms with Gasteiger partial charge in [-0.25, -0.2) is 14.4 Å². The van der Waals surface area contributed by atoms with Crippen LogP contribution in [0.2, 0.25) is 0 Å². The Hall–Kier alpha value is -4.18. The fourth-order valence-electron chi connectivity index (χ4n) is 3.22. The zero-order valence-corrected chi connectivity index (χ0v) is 21.8. The van der Waals surface area contributed by atoms with Crippen LogP contribution in [-0.2, 0) is 19.1 Å². The first-order chi connectivity index (χ1) is 17.6. The quantitative estimate of drug-likeness (QED) is 0.359. The van der Waals surface area contributed by atoms with Crippen molar-refractivity contribution in [1.82, 2.24) is 0 Å². The number of hydrogen-bond donors (Lipinski definition) is 2. The summed E-state index contributed by atoms with van der Waals surface area (Å²) in [5, 5.41) is 12.4. The van der Waals surface area contributed by atoms with Crippen LogP contribution >= 0.6 is 15.9 Å². The van der Waals surface area contributed by atoms with E-state index in [1.807, 2.05) is 13.8 Å². The van der Waals surface area contributed by atoms with Crippen molar-refractivity contribution in [3.05, 3.63) is 93.5 Å². The molecule has 0 saturated heterocycles. The molecule has 3 aromatic rings. The van der Waals surface area contributed by atoms with E-state index >= 15 is 0 Å². The van der Waals surface area contributed by atoms with E-state index in [-0.39, 0.29) is 22.6 Å². The number of carbonyl (C=O) groups excluding carboxylic acids is 3. The molecule has 0 aliphatic heterocycles. The minimum Gasteiger partial charge on any atom is -0.495 e. The molecule has 0 aliphatic carbocycles. The molecule has 0 unspecified atom stereocenters. The fraction of sp³-hybridized carbons (Fsp3) is 0.185. The molecule has 3 aromatic carbocycles. The van der Waals surface area contributed by atoms with Gasteiger partial charge in [-0.1, -0.05) is 51.3 Å². The summed E-state index contributed by atoms with van der Waals surface area (Å²) in [5.41, 5.74) is 2.07. The number of rotatable bonds is 9. The molecule has 0 saturated carbocycles. The minimum atomic E-state index is -2.15. The number of amides is 1. The van der Waals surface area contributed by atoms with Crippen LogP contribution in [0.4, 0.5) is 5.69 Å². The highest BCUT2D eigenvalue weighted by atomic mass is 79.9. The number of carboxylic acids is 1. The number of hydrogen-bond acceptors (Lipinski definition) is 7. The van der Waals surface area contributed by atoms with Gasteiger partial charge in [-0.3, -0.25) is 4.79 Å². The molecule has 0 bridgehead atoms. The Morgan fingerprint density at radius 3 is 1.73 bits per heavy atom. The van der Waals surface area contributed by atoms with Crippen molar-refractivity contribution in [2.75, 3.05) is 12.4 Å². The molecular weight excluding hydrogens is 546 g/mol. The Kier molecular flexibility index (Phi) is 9.02. The lowest BCUT2D eigenvalue weighted by Crippen LogP contribution is -2.48. The maximum atomic E-state index is 13.3. The van der Waals surface area contributed by atoms with E-state index in [9.17, 15) is 24.3 Å². The van der Waals surface area contributed by atoms with Crippen LogP contribution in [0.15, 0.2) is 71.2 Å². The van der Waals surface area contributed by atoms with Crippen LogP contribution in [0.5, 0.6) is 5.75 Å². The Bertz CT molecular complexity index is 1300. The molecule has 37 heavy (non-hydrogen) atoms. The minimum absolute atomic E-state index is 0.0644. The van der Waals surface area contributed by atoms with Crippen LogP contribution in [0, 0.1) is 13.8 Å². The molecule has 0 spiro atoms. The number of methoxy groups -OCH3 is 1. The second-order valence-corrected chi connectivity index (χ2v) is 8.97. The number of carboxylic acid groups (broad SMARTS) is 1. The topological polar surface area (TPSA) is 128 Å². The van der Waals surface area contributed by atoms with Crippen molar-refractivity contribution in [2.24, 2.45) is 0 Å². The number of carbonyl (C=O) groups is 4. The highest BCUT2D eigenvalue weighted by molar-refractivity contribution is 9.10. The first-order valence-corrected chi connectivity index (χ1v) is 11.8. The molecule has 10 heteroatoms. The normalized spacial score (nSPS) is 12.1. The molecule has 0 aliphatic rings. The molecular formula is C27H24BrNO8. The van der Waals surface area contributed by atoms with Crippen molar-refractivity contribution >= 4 is 45.4 Å². The summed E-state index contributed by atoms with van der Waals surface area (Å²) in [6.07, 6.45) is -4.19. The number of esters is 2. The van der Waals surface area contributed by atoms with Crippen LogP contribution in [0.1, 0.15) is 31.8 Å². The first-order valence-electron chi connectivity index (χ1n) is 11.0. The van der Waals surface area contributed by atoms with Crippen molar-refractivity contribution in [3.8, 4) is 5.75 Å². The predicted octanol–water partition coefficient (Wildman–Crippen LogP) is 4.55. The zero-order valence-electron chi connectivity index (χ0n) is 20.2. The fourth-order valence-corrected chi connectivity index (χ4v) is 3.58. The number of anilines is 1. The van der Waals surface area contributed by atoms with Gasteiger partial charge in [0.05, 0.1) is 23.9 Å². The summed E-state index contributed by atoms with van der Waals surface area (Å²) in [6.45, 7) is 3.64. The summed E-state index contributed by atoms with van der Waals surface area (Å²) in [7, 11) is 1.39. The summed E-state index contributed by atoms with van der Waals surface area (Å²) >= 11 is 3.29. The molecule has 9 nitrogen and oxygen atoms in total. The van der Waals surface area contributed by atoms with Gasteiger partial charge in [0.25, 0.3) is 5.91 Å². The lowest BCUT2D eigenvalue weighted by molar-refractivity contribution is -0.157. The third kappa shape index (κ3) is 7.17. The van der Waals surface area contributed by atoms with Crippen molar-refractivity contribution in [2.45, 2.75) is 26.1 Å². The smallest absolute Gasteiger partial charge is 0.349 e. The van der Waals surface area contributed by atoms with Gasteiger partial charge in [0.1, 0.15) is 5.75 Å². The summed E-state index contributed by atoms with van der Waals surface area (Å²) < 4.78 is 16.3. The SMILES string of the molecule is COc1ccc(Br)cc1NC(=O)[C@H](OC(=O)c1ccc(C)cc1)[C@@H](OC(=O)c1ccc(C)cc1)C(=O)O. The van der Waals surface area contributed by atoms with E-state index in [4.69, 9.17) is 14.2 Å². The average Bonchev–Trinajstić information content (AvgIpc) is 2.86. The van der Waals surface area contributed by atoms with Gasteiger partial charge < -0.3 is 24.6 Å². The lowest BCUT2D eigenvalue weighted by Gasteiger charge is -2.24. The molecule has 2 N–H and O–H groups in total. The Labute approximate surface area is 221 Å². The van der Waals surface area contributed by atoms with E-state index in [1.54, 1.807) is 36.4 Å². The second kappa shape index (κ2) is 12.2. The third-order valence-electron chi connectivity index (χ3n) is 5.24. The van der Waals surface area contributed by atoms with Crippen molar-refractivity contribution in [3.63, 3.8) is 0 Å². The van der Waals surface area contributed by atoms with Gasteiger partial charge in [0.15, 0.2) is 0 Å². The molecule has 192 valence electrons. The van der Waals surface area contributed by atoms with E-state index in [0.717, 1.165) is 11.1 Å². The largest absolute Gasteiger partial charge is 0.495 e. The molecule has 0 radical (unpaired) electrons. The van der Waals surface area contributed by atoms with Gasteiger partial charge in [-0.15, -0.1) is 0 Å². The van der Waals surface area contributed by atoms with Crippen molar-refractivity contribution in [1.29, 1.82) is 0 Å². The van der Waals surface area contributed by atoms with Gasteiger partial charge in [0.2, 0.25) is 12.2 Å². The van der Waals surface area contributed by atoms with Crippen LogP contribution in [0.25, 0.3) is 0 Å². The molecule has 0 fully saturated rings. The Morgan fingerprint density at radius 1 is 0.784 bits per heavy atom. The number of ether oxygens (including phenoxy) is 3. The van der Waals surface area contributed by atoms with Crippen LogP contribution in [-0.4, -0.2) is 48.2 Å². The number of benzene rings is 3. The highest BCUT2D eigenvalue weighted by Crippen LogP contribution is 2.28. The summed E-state index contributed by atoms with van der Waals surface area (Å²) in [5.74, 6) is -4.43. The Balaban J connectivity index is 1.95. The summed E-state index contributed by atoms with van der Waals surface area (Å²) in [4.78, 5) is 51.0. The number of aryl methyl sites for hydroxylation is 2. The lowest BCUT2D eigenvalue weighted by atomic mass is 10.1. The van der Waals surface area contributed by atoms with E-state index < -0.39 is 36.0 Å². The molecule has 3 rings (SSSR count).